The van der Waals surface area contributed by atoms with E-state index in [4.69, 9.17) is 4.74 Å². The Labute approximate surface area is 192 Å². The molecule has 0 unspecified atom stereocenters. The molecule has 0 aliphatic carbocycles. The third kappa shape index (κ3) is 4.30. The molecular weight excluding hydrogens is 414 g/mol. The molecule has 7 nitrogen and oxygen atoms in total. The van der Waals surface area contributed by atoms with Gasteiger partial charge in [-0.15, -0.1) is 0 Å². The largest absolute Gasteiger partial charge is 0.380 e. The van der Waals surface area contributed by atoms with E-state index in [-0.39, 0.29) is 17.9 Å². The summed E-state index contributed by atoms with van der Waals surface area (Å²) in [5.41, 5.74) is 5.77. The fourth-order valence-electron chi connectivity index (χ4n) is 4.33. The van der Waals surface area contributed by atoms with Gasteiger partial charge in [0.25, 0.3) is 0 Å². The minimum Gasteiger partial charge on any atom is -0.380 e. The summed E-state index contributed by atoms with van der Waals surface area (Å²) < 4.78 is 5.16. The Morgan fingerprint density at radius 1 is 1.27 bits per heavy atom. The van der Waals surface area contributed by atoms with Crippen molar-refractivity contribution in [3.05, 3.63) is 71.4 Å². The molecule has 3 aromatic rings. The summed E-state index contributed by atoms with van der Waals surface area (Å²) in [6.45, 7) is 4.52. The zero-order chi connectivity index (χ0) is 22.8. The number of carbonyl (C=O) groups excluding carboxylic acids is 1. The van der Waals surface area contributed by atoms with Crippen molar-refractivity contribution in [2.75, 3.05) is 31.6 Å². The Kier molecular flexibility index (Phi) is 5.76. The van der Waals surface area contributed by atoms with Crippen LogP contribution < -0.4 is 5.32 Å². The smallest absolute Gasteiger partial charge is 0.230 e. The molecule has 1 aromatic heterocycles. The number of aromatic nitrogens is 2. The third-order valence-electron chi connectivity index (χ3n) is 6.41. The Balaban J connectivity index is 1.38. The Morgan fingerprint density at radius 2 is 2.15 bits per heavy atom. The van der Waals surface area contributed by atoms with Crippen LogP contribution in [-0.2, 0) is 9.53 Å². The molecular formula is C26H25N5O2. The van der Waals surface area contributed by atoms with Gasteiger partial charge in [-0.05, 0) is 54.3 Å². The number of carbonyl (C=O) groups is 1. The summed E-state index contributed by atoms with van der Waals surface area (Å²) in [7, 11) is 0. The molecule has 2 aliphatic rings. The summed E-state index contributed by atoms with van der Waals surface area (Å²) in [5, 5.41) is 22.2. The van der Waals surface area contributed by atoms with Crippen LogP contribution in [0.2, 0.25) is 0 Å². The Hall–Kier alpha value is -3.76. The van der Waals surface area contributed by atoms with Crippen molar-refractivity contribution in [3.63, 3.8) is 0 Å². The van der Waals surface area contributed by atoms with E-state index in [0.717, 1.165) is 40.7 Å². The molecule has 33 heavy (non-hydrogen) atoms. The van der Waals surface area contributed by atoms with E-state index in [0.29, 0.717) is 25.3 Å². The van der Waals surface area contributed by atoms with Crippen LogP contribution in [0.25, 0.3) is 16.5 Å². The van der Waals surface area contributed by atoms with Crippen LogP contribution in [0, 0.1) is 17.2 Å². The number of nitrogens with zero attached hydrogens (tertiary/aromatic N) is 4. The van der Waals surface area contributed by atoms with E-state index in [1.165, 1.54) is 5.57 Å². The lowest BCUT2D eigenvalue weighted by Gasteiger charge is -2.33. The molecule has 0 radical (unpaired) electrons. The fraction of sp³-hybridized carbons (Fsp3) is 0.308. The van der Waals surface area contributed by atoms with Gasteiger partial charge in [-0.3, -0.25) is 4.79 Å². The van der Waals surface area contributed by atoms with Crippen LogP contribution >= 0.6 is 0 Å². The maximum Gasteiger partial charge on any atom is 0.230 e. The topological polar surface area (TPSA) is 91.1 Å². The van der Waals surface area contributed by atoms with E-state index in [1.807, 2.05) is 29.2 Å². The molecule has 2 aromatic carbocycles. The van der Waals surface area contributed by atoms with Crippen LogP contribution in [0.15, 0.2) is 54.7 Å². The van der Waals surface area contributed by atoms with Gasteiger partial charge < -0.3 is 15.0 Å². The molecule has 0 saturated carbocycles. The van der Waals surface area contributed by atoms with E-state index < -0.39 is 0 Å². The summed E-state index contributed by atoms with van der Waals surface area (Å²) in [6, 6.07) is 16.0. The normalized spacial score (nSPS) is 17.1. The van der Waals surface area contributed by atoms with Crippen molar-refractivity contribution in [2.45, 2.75) is 19.4 Å². The van der Waals surface area contributed by atoms with E-state index in [9.17, 15) is 10.1 Å². The third-order valence-corrected chi connectivity index (χ3v) is 6.41. The maximum atomic E-state index is 12.5. The van der Waals surface area contributed by atoms with Gasteiger partial charge in [-0.2, -0.15) is 15.5 Å². The highest BCUT2D eigenvalue weighted by Gasteiger charge is 2.31. The average molecular weight is 440 g/mol. The lowest BCUT2D eigenvalue weighted by Crippen LogP contribution is -2.46. The minimum atomic E-state index is -0.00157. The molecule has 1 N–H and O–H groups in total. The molecule has 1 fully saturated rings. The van der Waals surface area contributed by atoms with Crippen molar-refractivity contribution < 1.29 is 9.53 Å². The highest BCUT2D eigenvalue weighted by atomic mass is 16.5. The van der Waals surface area contributed by atoms with E-state index in [2.05, 4.69) is 46.7 Å². The van der Waals surface area contributed by atoms with Crippen LogP contribution in [0.3, 0.4) is 0 Å². The first-order chi connectivity index (χ1) is 16.1. The van der Waals surface area contributed by atoms with E-state index >= 15 is 0 Å². The van der Waals surface area contributed by atoms with E-state index in [1.54, 1.807) is 12.3 Å². The number of rotatable bonds is 5. The summed E-state index contributed by atoms with van der Waals surface area (Å²) in [4.78, 5) is 14.4. The second-order valence-electron chi connectivity index (χ2n) is 8.59. The average Bonchev–Trinajstić information content (AvgIpc) is 2.83. The van der Waals surface area contributed by atoms with Gasteiger partial charge in [0.1, 0.15) is 0 Å². The molecule has 1 amide bonds. The Bertz CT molecular complexity index is 1280. The number of hydrogen-bond acceptors (Lipinski definition) is 6. The van der Waals surface area contributed by atoms with Crippen LogP contribution in [0.4, 0.5) is 5.69 Å². The lowest BCUT2D eigenvalue weighted by molar-refractivity contribution is -0.149. The van der Waals surface area contributed by atoms with Gasteiger partial charge in [-0.25, -0.2) is 0 Å². The van der Waals surface area contributed by atoms with Gasteiger partial charge in [0, 0.05) is 24.5 Å². The number of anilines is 1. The van der Waals surface area contributed by atoms with Gasteiger partial charge in [0.15, 0.2) is 0 Å². The second kappa shape index (κ2) is 9.00. The summed E-state index contributed by atoms with van der Waals surface area (Å²) in [6.07, 6.45) is 4.72. The highest BCUT2D eigenvalue weighted by Crippen LogP contribution is 2.30. The molecule has 166 valence electrons. The molecule has 5 rings (SSSR count). The summed E-state index contributed by atoms with van der Waals surface area (Å²) >= 11 is 0. The SMILES string of the molecule is C[C@@H](Nc1cnnc2ccc(C3=CCN(C(=O)C4COC4)CC3)cc12)c1cccc(C#N)c1. The molecule has 1 atom stereocenters. The molecule has 1 saturated heterocycles. The van der Waals surface area contributed by atoms with Crippen LogP contribution in [-0.4, -0.2) is 47.3 Å². The quantitative estimate of drug-likeness (QED) is 0.648. The predicted molar refractivity (Wildman–Crippen MR) is 126 cm³/mol. The Morgan fingerprint density at radius 3 is 2.88 bits per heavy atom. The van der Waals surface area contributed by atoms with Gasteiger partial charge in [0.05, 0.1) is 48.2 Å². The first kappa shape index (κ1) is 21.1. The van der Waals surface area contributed by atoms with Crippen LogP contribution in [0.1, 0.15) is 36.1 Å². The van der Waals surface area contributed by atoms with Crippen molar-refractivity contribution in [3.8, 4) is 6.07 Å². The molecule has 0 bridgehead atoms. The number of nitriles is 1. The first-order valence-electron chi connectivity index (χ1n) is 11.2. The highest BCUT2D eigenvalue weighted by molar-refractivity contribution is 5.93. The molecule has 7 heteroatoms. The number of amides is 1. The summed E-state index contributed by atoms with van der Waals surface area (Å²) in [5.74, 6) is 0.231. The van der Waals surface area contributed by atoms with Crippen molar-refractivity contribution in [1.82, 2.24) is 15.1 Å². The van der Waals surface area contributed by atoms with Gasteiger partial charge in [-0.1, -0.05) is 24.3 Å². The zero-order valence-corrected chi connectivity index (χ0v) is 18.5. The maximum absolute atomic E-state index is 12.5. The van der Waals surface area contributed by atoms with Gasteiger partial charge in [0.2, 0.25) is 5.91 Å². The molecule has 3 heterocycles. The number of ether oxygens (including phenoxy) is 1. The number of nitrogens with one attached hydrogen (secondary N) is 1. The monoisotopic (exact) mass is 439 g/mol. The van der Waals surface area contributed by atoms with Crippen LogP contribution in [0.5, 0.6) is 0 Å². The van der Waals surface area contributed by atoms with Crippen molar-refractivity contribution in [1.29, 1.82) is 5.26 Å². The molecule has 2 aliphatic heterocycles. The number of hydrogen-bond donors (Lipinski definition) is 1. The number of benzene rings is 2. The number of fused-ring (bicyclic) bond motifs is 1. The lowest BCUT2D eigenvalue weighted by atomic mass is 9.96. The predicted octanol–water partition coefficient (Wildman–Crippen LogP) is 3.94. The minimum absolute atomic E-state index is 0.00157. The molecule has 0 spiro atoms. The van der Waals surface area contributed by atoms with Crippen molar-refractivity contribution >= 4 is 28.1 Å². The second-order valence-corrected chi connectivity index (χ2v) is 8.59. The fourth-order valence-corrected chi connectivity index (χ4v) is 4.33. The van der Waals surface area contributed by atoms with Gasteiger partial charge >= 0.3 is 0 Å². The van der Waals surface area contributed by atoms with Crippen molar-refractivity contribution in [2.24, 2.45) is 5.92 Å². The zero-order valence-electron chi connectivity index (χ0n) is 18.5. The first-order valence-corrected chi connectivity index (χ1v) is 11.2. The standard InChI is InChI=1S/C26H25N5O2/c1-17(20-4-2-3-18(11-20)13-27)29-25-14-28-30-24-6-5-21(12-23(24)25)19-7-9-31(10-8-19)26(32)22-15-33-16-22/h2-7,11-12,14,17,22H,8-10,15-16H2,1H3,(H,29,30)/t17-/m1/s1.